The number of carbonyl (C=O) groups excluding carboxylic acids is 1. The molecule has 3 rings (SSSR count). The molecule has 0 aromatic heterocycles. The fourth-order valence-electron chi connectivity index (χ4n) is 2.78. The Morgan fingerprint density at radius 2 is 2.00 bits per heavy atom. The van der Waals surface area contributed by atoms with Crippen molar-refractivity contribution < 1.29 is 4.79 Å². The molecular formula is C17H16BrNO. The molecule has 20 heavy (non-hydrogen) atoms. The number of rotatable bonds is 2. The third-order valence-electron chi connectivity index (χ3n) is 3.76. The SMILES string of the molecule is O=C(N[C@H]1CCCc2ccccc21)c1cccc(Br)c1. The first-order chi connectivity index (χ1) is 9.74. The second-order valence-electron chi connectivity index (χ2n) is 5.13. The molecule has 2 aromatic carbocycles. The molecule has 0 unspecified atom stereocenters. The van der Waals surface area contributed by atoms with Crippen LogP contribution in [0.4, 0.5) is 0 Å². The van der Waals surface area contributed by atoms with Gasteiger partial charge in [-0.2, -0.15) is 0 Å². The van der Waals surface area contributed by atoms with Crippen LogP contribution in [0.1, 0.15) is 40.4 Å². The number of fused-ring (bicyclic) bond motifs is 1. The van der Waals surface area contributed by atoms with E-state index < -0.39 is 0 Å². The first-order valence-electron chi connectivity index (χ1n) is 6.88. The molecule has 1 N–H and O–H groups in total. The van der Waals surface area contributed by atoms with Crippen molar-refractivity contribution in [2.45, 2.75) is 25.3 Å². The number of aryl methyl sites for hydroxylation is 1. The summed E-state index contributed by atoms with van der Waals surface area (Å²) in [4.78, 5) is 12.3. The first-order valence-corrected chi connectivity index (χ1v) is 7.67. The maximum atomic E-state index is 12.3. The number of carbonyl (C=O) groups is 1. The average molecular weight is 330 g/mol. The lowest BCUT2D eigenvalue weighted by Gasteiger charge is -2.26. The lowest BCUT2D eigenvalue weighted by atomic mass is 9.87. The van der Waals surface area contributed by atoms with Gasteiger partial charge in [-0.1, -0.05) is 46.3 Å². The van der Waals surface area contributed by atoms with E-state index in [1.54, 1.807) is 0 Å². The monoisotopic (exact) mass is 329 g/mol. The van der Waals surface area contributed by atoms with Gasteiger partial charge >= 0.3 is 0 Å². The van der Waals surface area contributed by atoms with E-state index in [1.807, 2.05) is 30.3 Å². The van der Waals surface area contributed by atoms with Crippen molar-refractivity contribution in [1.82, 2.24) is 5.32 Å². The summed E-state index contributed by atoms with van der Waals surface area (Å²) in [6, 6.07) is 16.0. The van der Waals surface area contributed by atoms with Crippen molar-refractivity contribution in [2.24, 2.45) is 0 Å². The minimum absolute atomic E-state index is 0.00648. The molecule has 0 aliphatic heterocycles. The molecular weight excluding hydrogens is 314 g/mol. The molecule has 1 aliphatic carbocycles. The number of amides is 1. The van der Waals surface area contributed by atoms with Crippen molar-refractivity contribution in [2.75, 3.05) is 0 Å². The van der Waals surface area contributed by atoms with Crippen LogP contribution in [0.3, 0.4) is 0 Å². The predicted molar refractivity (Wildman–Crippen MR) is 83.7 cm³/mol. The van der Waals surface area contributed by atoms with E-state index in [2.05, 4.69) is 39.4 Å². The maximum Gasteiger partial charge on any atom is 0.251 e. The number of halogens is 1. The van der Waals surface area contributed by atoms with Crippen LogP contribution in [0.25, 0.3) is 0 Å². The second-order valence-corrected chi connectivity index (χ2v) is 6.04. The highest BCUT2D eigenvalue weighted by atomic mass is 79.9. The second kappa shape index (κ2) is 5.80. The highest BCUT2D eigenvalue weighted by Gasteiger charge is 2.21. The fraction of sp³-hybridized carbons (Fsp3) is 0.235. The predicted octanol–water partition coefficient (Wildman–Crippen LogP) is 4.26. The van der Waals surface area contributed by atoms with Gasteiger partial charge in [0.05, 0.1) is 6.04 Å². The molecule has 0 spiro atoms. The maximum absolute atomic E-state index is 12.3. The number of hydrogen-bond acceptors (Lipinski definition) is 1. The molecule has 2 aromatic rings. The van der Waals surface area contributed by atoms with Crippen LogP contribution in [-0.4, -0.2) is 5.91 Å². The van der Waals surface area contributed by atoms with Gasteiger partial charge < -0.3 is 5.32 Å². The van der Waals surface area contributed by atoms with Crippen LogP contribution in [-0.2, 0) is 6.42 Å². The van der Waals surface area contributed by atoms with Crippen LogP contribution >= 0.6 is 15.9 Å². The zero-order valence-electron chi connectivity index (χ0n) is 11.1. The summed E-state index contributed by atoms with van der Waals surface area (Å²) in [6.07, 6.45) is 3.25. The number of hydrogen-bond donors (Lipinski definition) is 1. The molecule has 0 bridgehead atoms. The third-order valence-corrected chi connectivity index (χ3v) is 4.25. The molecule has 102 valence electrons. The van der Waals surface area contributed by atoms with Crippen molar-refractivity contribution >= 4 is 21.8 Å². The molecule has 0 saturated heterocycles. The summed E-state index contributed by atoms with van der Waals surface area (Å²) in [6.45, 7) is 0. The summed E-state index contributed by atoms with van der Waals surface area (Å²) < 4.78 is 0.925. The Kier molecular flexibility index (Phi) is 3.88. The molecule has 1 atom stereocenters. The number of nitrogens with one attached hydrogen (secondary N) is 1. The lowest BCUT2D eigenvalue weighted by Crippen LogP contribution is -2.30. The summed E-state index contributed by atoms with van der Waals surface area (Å²) in [7, 11) is 0. The van der Waals surface area contributed by atoms with Crippen molar-refractivity contribution in [3.05, 3.63) is 69.7 Å². The summed E-state index contributed by atoms with van der Waals surface area (Å²) in [5, 5.41) is 3.16. The molecule has 0 fully saturated rings. The largest absolute Gasteiger partial charge is 0.345 e. The Labute approximate surface area is 127 Å². The molecule has 0 saturated carbocycles. The zero-order chi connectivity index (χ0) is 13.9. The Morgan fingerprint density at radius 3 is 2.85 bits per heavy atom. The third kappa shape index (κ3) is 2.78. The molecule has 0 radical (unpaired) electrons. The van der Waals surface area contributed by atoms with Crippen LogP contribution in [0.5, 0.6) is 0 Å². The Bertz CT molecular complexity index is 638. The minimum Gasteiger partial charge on any atom is -0.345 e. The topological polar surface area (TPSA) is 29.1 Å². The van der Waals surface area contributed by atoms with Crippen molar-refractivity contribution in [1.29, 1.82) is 0 Å². The Hall–Kier alpha value is -1.61. The fourth-order valence-corrected chi connectivity index (χ4v) is 3.17. The average Bonchev–Trinajstić information content (AvgIpc) is 2.47. The standard InChI is InChI=1S/C17H16BrNO/c18-14-8-3-7-13(11-14)17(20)19-16-10-4-6-12-5-1-2-9-15(12)16/h1-3,5,7-9,11,16H,4,6,10H2,(H,19,20)/t16-/m0/s1. The van der Waals surface area contributed by atoms with Gasteiger partial charge in [0.15, 0.2) is 0 Å². The van der Waals surface area contributed by atoms with Gasteiger partial charge in [0.25, 0.3) is 5.91 Å². The van der Waals surface area contributed by atoms with E-state index in [9.17, 15) is 4.79 Å². The molecule has 1 amide bonds. The van der Waals surface area contributed by atoms with Crippen LogP contribution in [0, 0.1) is 0 Å². The first kappa shape index (κ1) is 13.4. The van der Waals surface area contributed by atoms with Crippen LogP contribution in [0.2, 0.25) is 0 Å². The van der Waals surface area contributed by atoms with Gasteiger partial charge in [-0.05, 0) is 48.6 Å². The van der Waals surface area contributed by atoms with Gasteiger partial charge in [0.2, 0.25) is 0 Å². The smallest absolute Gasteiger partial charge is 0.251 e. The van der Waals surface area contributed by atoms with E-state index in [0.717, 1.165) is 23.7 Å². The van der Waals surface area contributed by atoms with E-state index >= 15 is 0 Å². The summed E-state index contributed by atoms with van der Waals surface area (Å²) in [5.74, 6) is -0.00648. The minimum atomic E-state index is -0.00648. The number of benzene rings is 2. The van der Waals surface area contributed by atoms with E-state index in [1.165, 1.54) is 11.1 Å². The quantitative estimate of drug-likeness (QED) is 0.876. The van der Waals surface area contributed by atoms with Crippen LogP contribution in [0.15, 0.2) is 53.0 Å². The summed E-state index contributed by atoms with van der Waals surface area (Å²) in [5.41, 5.74) is 3.32. The Balaban J connectivity index is 1.81. The highest BCUT2D eigenvalue weighted by molar-refractivity contribution is 9.10. The lowest BCUT2D eigenvalue weighted by molar-refractivity contribution is 0.0932. The molecule has 3 heteroatoms. The van der Waals surface area contributed by atoms with E-state index in [0.29, 0.717) is 5.56 Å². The van der Waals surface area contributed by atoms with Gasteiger partial charge in [0.1, 0.15) is 0 Å². The molecule has 1 aliphatic rings. The van der Waals surface area contributed by atoms with E-state index in [-0.39, 0.29) is 11.9 Å². The van der Waals surface area contributed by atoms with Crippen molar-refractivity contribution in [3.63, 3.8) is 0 Å². The van der Waals surface area contributed by atoms with Gasteiger partial charge in [-0.3, -0.25) is 4.79 Å². The zero-order valence-corrected chi connectivity index (χ0v) is 12.7. The molecule has 2 nitrogen and oxygen atoms in total. The van der Waals surface area contributed by atoms with Gasteiger partial charge in [-0.25, -0.2) is 0 Å². The van der Waals surface area contributed by atoms with Gasteiger partial charge in [0, 0.05) is 10.0 Å². The molecule has 0 heterocycles. The normalized spacial score (nSPS) is 17.4. The van der Waals surface area contributed by atoms with Crippen molar-refractivity contribution in [3.8, 4) is 0 Å². The Morgan fingerprint density at radius 1 is 1.15 bits per heavy atom. The highest BCUT2D eigenvalue weighted by Crippen LogP contribution is 2.29. The van der Waals surface area contributed by atoms with E-state index in [4.69, 9.17) is 0 Å². The van der Waals surface area contributed by atoms with Gasteiger partial charge in [-0.15, -0.1) is 0 Å². The summed E-state index contributed by atoms with van der Waals surface area (Å²) >= 11 is 3.40. The van der Waals surface area contributed by atoms with Crippen LogP contribution < -0.4 is 5.32 Å².